The molecule has 0 amide bonds. The van der Waals surface area contributed by atoms with E-state index >= 15 is 0 Å². The number of halogens is 3. The lowest BCUT2D eigenvalue weighted by Crippen LogP contribution is -2.21. The summed E-state index contributed by atoms with van der Waals surface area (Å²) in [4.78, 5) is 0. The van der Waals surface area contributed by atoms with Gasteiger partial charge in [-0.3, -0.25) is 4.68 Å². The van der Waals surface area contributed by atoms with Gasteiger partial charge in [0.15, 0.2) is 0 Å². The Labute approximate surface area is 134 Å². The van der Waals surface area contributed by atoms with E-state index in [2.05, 4.69) is 49.2 Å². The third kappa shape index (κ3) is 3.05. The number of nitrogens with zero attached hydrogens (tertiary/aromatic N) is 2. The van der Waals surface area contributed by atoms with Gasteiger partial charge >= 0.3 is 0 Å². The second-order valence-corrected chi connectivity index (χ2v) is 6.20. The second-order valence-electron chi connectivity index (χ2n) is 4.09. The van der Waals surface area contributed by atoms with Crippen molar-refractivity contribution >= 4 is 43.5 Å². The summed E-state index contributed by atoms with van der Waals surface area (Å²) in [5.41, 5.74) is 2.24. The van der Waals surface area contributed by atoms with Crippen molar-refractivity contribution in [3.63, 3.8) is 0 Å². The number of rotatable bonds is 4. The largest absolute Gasteiger partial charge is 0.308 e. The maximum Gasteiger partial charge on any atom is 0.0757 e. The van der Waals surface area contributed by atoms with E-state index < -0.39 is 0 Å². The molecule has 2 rings (SSSR count). The molecule has 6 heteroatoms. The minimum Gasteiger partial charge on any atom is -0.308 e. The minimum absolute atomic E-state index is 0.0605. The Kier molecular flexibility index (Phi) is 5.06. The number of hydrogen-bond acceptors (Lipinski definition) is 2. The van der Waals surface area contributed by atoms with E-state index in [0.717, 1.165) is 26.7 Å². The summed E-state index contributed by atoms with van der Waals surface area (Å²) < 4.78 is 3.87. The topological polar surface area (TPSA) is 29.9 Å². The third-order valence-corrected chi connectivity index (χ3v) is 4.80. The molecule has 1 aromatic heterocycles. The third-order valence-electron chi connectivity index (χ3n) is 2.97. The molecule has 0 spiro atoms. The van der Waals surface area contributed by atoms with E-state index in [0.29, 0.717) is 5.02 Å². The molecule has 102 valence electrons. The van der Waals surface area contributed by atoms with Crippen LogP contribution in [0.1, 0.15) is 24.2 Å². The van der Waals surface area contributed by atoms with Crippen LogP contribution < -0.4 is 5.32 Å². The molecule has 0 saturated heterocycles. The highest BCUT2D eigenvalue weighted by molar-refractivity contribution is 9.10. The molecule has 1 atom stereocenters. The lowest BCUT2D eigenvalue weighted by Gasteiger charge is -2.19. The monoisotopic (exact) mass is 405 g/mol. The molecule has 1 N–H and O–H groups in total. The van der Waals surface area contributed by atoms with Gasteiger partial charge in [-0.15, -0.1) is 0 Å². The van der Waals surface area contributed by atoms with E-state index in [1.165, 1.54) is 0 Å². The predicted molar refractivity (Wildman–Crippen MR) is 85.7 cm³/mol. The summed E-state index contributed by atoms with van der Waals surface area (Å²) in [5, 5.41) is 8.40. The Morgan fingerprint density at radius 2 is 2.11 bits per heavy atom. The fourth-order valence-electron chi connectivity index (χ4n) is 2.06. The van der Waals surface area contributed by atoms with Crippen LogP contribution in [-0.4, -0.2) is 16.8 Å². The van der Waals surface area contributed by atoms with Gasteiger partial charge in [-0.1, -0.05) is 17.7 Å². The second kappa shape index (κ2) is 6.39. The van der Waals surface area contributed by atoms with Crippen molar-refractivity contribution in [3.05, 3.63) is 49.6 Å². The standard InChI is InChI=1S/C13H14Br2ClN3/c1-3-19-13(10(15)7-18-19)12(17-2)8-4-5-11(16)9(14)6-8/h4-7,12,17H,3H2,1-2H3. The highest BCUT2D eigenvalue weighted by Gasteiger charge is 2.20. The first-order valence-electron chi connectivity index (χ1n) is 5.91. The number of aromatic nitrogens is 2. The average Bonchev–Trinajstić information content (AvgIpc) is 2.76. The maximum atomic E-state index is 6.05. The molecule has 0 aliphatic carbocycles. The van der Waals surface area contributed by atoms with Crippen LogP contribution in [0.25, 0.3) is 0 Å². The van der Waals surface area contributed by atoms with Gasteiger partial charge in [-0.25, -0.2) is 0 Å². The summed E-state index contributed by atoms with van der Waals surface area (Å²) in [5.74, 6) is 0. The van der Waals surface area contributed by atoms with Crippen molar-refractivity contribution in [2.45, 2.75) is 19.5 Å². The molecule has 0 radical (unpaired) electrons. The highest BCUT2D eigenvalue weighted by atomic mass is 79.9. The molecule has 0 aliphatic heterocycles. The molecule has 1 unspecified atom stereocenters. The number of benzene rings is 1. The molecule has 0 saturated carbocycles. The van der Waals surface area contributed by atoms with Crippen LogP contribution in [0.2, 0.25) is 5.02 Å². The molecule has 3 nitrogen and oxygen atoms in total. The van der Waals surface area contributed by atoms with Crippen LogP contribution in [0, 0.1) is 0 Å². The first-order chi connectivity index (χ1) is 9.08. The van der Waals surface area contributed by atoms with Crippen LogP contribution >= 0.6 is 43.5 Å². The fourth-order valence-corrected chi connectivity index (χ4v) is 3.10. The first-order valence-corrected chi connectivity index (χ1v) is 7.88. The fraction of sp³-hybridized carbons (Fsp3) is 0.308. The van der Waals surface area contributed by atoms with E-state index in [-0.39, 0.29) is 6.04 Å². The van der Waals surface area contributed by atoms with Crippen molar-refractivity contribution in [2.75, 3.05) is 7.05 Å². The van der Waals surface area contributed by atoms with E-state index in [9.17, 15) is 0 Å². The van der Waals surface area contributed by atoms with E-state index in [1.54, 1.807) is 0 Å². The van der Waals surface area contributed by atoms with Gasteiger partial charge in [0.25, 0.3) is 0 Å². The van der Waals surface area contributed by atoms with Gasteiger partial charge in [0.2, 0.25) is 0 Å². The van der Waals surface area contributed by atoms with Gasteiger partial charge in [0, 0.05) is 11.0 Å². The average molecular weight is 408 g/mol. The predicted octanol–water partition coefficient (Wildman–Crippen LogP) is 4.39. The number of nitrogens with one attached hydrogen (secondary N) is 1. The van der Waals surface area contributed by atoms with Gasteiger partial charge in [0.05, 0.1) is 27.4 Å². The SMILES string of the molecule is CCn1ncc(Br)c1C(NC)c1ccc(Cl)c(Br)c1. The normalized spacial score (nSPS) is 12.7. The summed E-state index contributed by atoms with van der Waals surface area (Å²) in [6, 6.07) is 6.01. The van der Waals surface area contributed by atoms with E-state index in [4.69, 9.17) is 11.6 Å². The van der Waals surface area contributed by atoms with Crippen LogP contribution in [0.4, 0.5) is 0 Å². The summed E-state index contributed by atoms with van der Waals surface area (Å²) >= 11 is 13.1. The van der Waals surface area contributed by atoms with E-state index in [1.807, 2.05) is 36.1 Å². The molecular weight excluding hydrogens is 393 g/mol. The molecule has 1 heterocycles. The molecule has 19 heavy (non-hydrogen) atoms. The highest BCUT2D eigenvalue weighted by Crippen LogP contribution is 2.32. The van der Waals surface area contributed by atoms with Gasteiger partial charge in [-0.2, -0.15) is 5.10 Å². The number of aryl methyl sites for hydroxylation is 1. The van der Waals surface area contributed by atoms with Crippen molar-refractivity contribution < 1.29 is 0 Å². The molecule has 2 aromatic rings. The molecule has 0 fully saturated rings. The van der Waals surface area contributed by atoms with Crippen LogP contribution in [0.5, 0.6) is 0 Å². The lowest BCUT2D eigenvalue weighted by atomic mass is 10.0. The quantitative estimate of drug-likeness (QED) is 0.815. The van der Waals surface area contributed by atoms with Crippen molar-refractivity contribution in [1.82, 2.24) is 15.1 Å². The molecule has 0 bridgehead atoms. The smallest absolute Gasteiger partial charge is 0.0757 e. The Morgan fingerprint density at radius 3 is 2.68 bits per heavy atom. The van der Waals surface area contributed by atoms with Crippen molar-refractivity contribution in [3.8, 4) is 0 Å². The first kappa shape index (κ1) is 15.0. The van der Waals surface area contributed by atoms with Gasteiger partial charge < -0.3 is 5.32 Å². The van der Waals surface area contributed by atoms with Crippen molar-refractivity contribution in [2.24, 2.45) is 0 Å². The zero-order valence-corrected chi connectivity index (χ0v) is 14.6. The summed E-state index contributed by atoms with van der Waals surface area (Å²) in [6.07, 6.45) is 1.83. The van der Waals surface area contributed by atoms with Gasteiger partial charge in [0.1, 0.15) is 0 Å². The van der Waals surface area contributed by atoms with Crippen molar-refractivity contribution in [1.29, 1.82) is 0 Å². The lowest BCUT2D eigenvalue weighted by molar-refractivity contribution is 0.561. The Balaban J connectivity index is 2.49. The Morgan fingerprint density at radius 1 is 1.37 bits per heavy atom. The zero-order valence-electron chi connectivity index (χ0n) is 10.6. The van der Waals surface area contributed by atoms with Crippen LogP contribution in [0.15, 0.2) is 33.3 Å². The number of hydrogen-bond donors (Lipinski definition) is 1. The summed E-state index contributed by atoms with van der Waals surface area (Å²) in [6.45, 7) is 2.90. The maximum absolute atomic E-state index is 6.05. The molecule has 1 aromatic carbocycles. The summed E-state index contributed by atoms with van der Waals surface area (Å²) in [7, 11) is 1.94. The Hall–Kier alpha value is -0.360. The molecular formula is C13H14Br2ClN3. The van der Waals surface area contributed by atoms with Crippen LogP contribution in [0.3, 0.4) is 0 Å². The van der Waals surface area contributed by atoms with Gasteiger partial charge in [-0.05, 0) is 63.5 Å². The zero-order chi connectivity index (χ0) is 14.0. The van der Waals surface area contributed by atoms with Crippen LogP contribution in [-0.2, 0) is 6.54 Å². The minimum atomic E-state index is 0.0605. The molecule has 0 aliphatic rings. The Bertz CT molecular complexity index is 583.